The fraction of sp³-hybridized carbons (Fsp3) is 0.143. The van der Waals surface area contributed by atoms with Crippen LogP contribution in [0.15, 0.2) is 37.1 Å². The van der Waals surface area contributed by atoms with Crippen molar-refractivity contribution >= 4 is 0 Å². The lowest BCUT2D eigenvalue weighted by Crippen LogP contribution is -1.77. The maximum absolute atomic E-state index is 4.81. The molecule has 0 heterocycles. The largest absolute Gasteiger partial charge is 0.497 e. The van der Waals surface area contributed by atoms with E-state index in [0.717, 1.165) is 5.76 Å². The molecule has 0 bridgehead atoms. The predicted octanol–water partition coefficient (Wildman–Crippen LogP) is 1.89. The Balaban J connectivity index is 3.84. The van der Waals surface area contributed by atoms with Crippen LogP contribution in [0.5, 0.6) is 0 Å². The van der Waals surface area contributed by atoms with Gasteiger partial charge >= 0.3 is 0 Å². The van der Waals surface area contributed by atoms with Crippen LogP contribution >= 0.6 is 0 Å². The number of allylic oxidation sites excluding steroid dienone is 3. The zero-order valence-corrected chi connectivity index (χ0v) is 5.05. The van der Waals surface area contributed by atoms with Gasteiger partial charge in [-0.15, -0.1) is 0 Å². The SMILES string of the molecule is C=CC=C(C=C)OC. The molecule has 0 spiro atoms. The van der Waals surface area contributed by atoms with Crippen molar-refractivity contribution in [3.63, 3.8) is 0 Å². The molecule has 0 aliphatic carbocycles. The minimum atomic E-state index is 0.736. The smallest absolute Gasteiger partial charge is 0.118 e. The van der Waals surface area contributed by atoms with Gasteiger partial charge in [0.25, 0.3) is 0 Å². The first-order valence-corrected chi connectivity index (χ1v) is 2.34. The minimum absolute atomic E-state index is 0.736. The summed E-state index contributed by atoms with van der Waals surface area (Å²) in [5.74, 6) is 0.736. The number of ether oxygens (including phenoxy) is 1. The molecule has 44 valence electrons. The molecule has 0 rings (SSSR count). The molecule has 0 saturated carbocycles. The molecule has 0 aromatic rings. The van der Waals surface area contributed by atoms with Crippen molar-refractivity contribution in [2.75, 3.05) is 7.11 Å². The van der Waals surface area contributed by atoms with Gasteiger partial charge in [0, 0.05) is 0 Å². The maximum atomic E-state index is 4.81. The van der Waals surface area contributed by atoms with Crippen LogP contribution in [0.3, 0.4) is 0 Å². The summed E-state index contributed by atoms with van der Waals surface area (Å²) in [4.78, 5) is 0. The van der Waals surface area contributed by atoms with Gasteiger partial charge < -0.3 is 4.74 Å². The highest BCUT2D eigenvalue weighted by Gasteiger charge is 1.79. The number of hydrogen-bond acceptors (Lipinski definition) is 1. The third kappa shape index (κ3) is 2.24. The first kappa shape index (κ1) is 7.02. The topological polar surface area (TPSA) is 9.23 Å². The summed E-state index contributed by atoms with van der Waals surface area (Å²) in [5, 5.41) is 0. The molecule has 0 N–H and O–H groups in total. The highest BCUT2D eigenvalue weighted by atomic mass is 16.5. The van der Waals surface area contributed by atoms with Crippen molar-refractivity contribution < 1.29 is 4.74 Å². The standard InChI is InChI=1S/C7H10O/c1-4-6-7(5-2)8-3/h4-6H,1-2H2,3H3. The Morgan fingerprint density at radius 2 is 2.12 bits per heavy atom. The zero-order chi connectivity index (χ0) is 6.41. The van der Waals surface area contributed by atoms with Gasteiger partial charge in [-0.25, -0.2) is 0 Å². The molecule has 0 aliphatic heterocycles. The zero-order valence-electron chi connectivity index (χ0n) is 5.05. The molecule has 0 atom stereocenters. The summed E-state index contributed by atoms with van der Waals surface area (Å²) in [7, 11) is 1.59. The Hall–Kier alpha value is -0.980. The van der Waals surface area contributed by atoms with Crippen molar-refractivity contribution in [3.8, 4) is 0 Å². The molecule has 1 heteroatoms. The first-order valence-electron chi connectivity index (χ1n) is 2.34. The van der Waals surface area contributed by atoms with Crippen LogP contribution in [-0.2, 0) is 4.74 Å². The third-order valence-corrected chi connectivity index (χ3v) is 0.719. The van der Waals surface area contributed by atoms with Crippen molar-refractivity contribution in [2.24, 2.45) is 0 Å². The Bertz CT molecular complexity index is 112. The van der Waals surface area contributed by atoms with Crippen molar-refractivity contribution in [2.45, 2.75) is 0 Å². The van der Waals surface area contributed by atoms with Crippen LogP contribution in [0.2, 0.25) is 0 Å². The third-order valence-electron chi connectivity index (χ3n) is 0.719. The fourth-order valence-corrected chi connectivity index (χ4v) is 0.336. The van der Waals surface area contributed by atoms with Gasteiger partial charge in [0.05, 0.1) is 7.11 Å². The quantitative estimate of drug-likeness (QED) is 0.398. The molecular formula is C7H10O. The Morgan fingerprint density at radius 1 is 1.50 bits per heavy atom. The molecule has 0 unspecified atom stereocenters. The normalized spacial score (nSPS) is 10.4. The average Bonchev–Trinajstić information content (AvgIpc) is 1.83. The second kappa shape index (κ2) is 4.19. The predicted molar refractivity (Wildman–Crippen MR) is 35.5 cm³/mol. The van der Waals surface area contributed by atoms with Crippen LogP contribution < -0.4 is 0 Å². The van der Waals surface area contributed by atoms with E-state index in [1.54, 1.807) is 25.3 Å². The van der Waals surface area contributed by atoms with Gasteiger partial charge in [-0.2, -0.15) is 0 Å². The van der Waals surface area contributed by atoms with E-state index in [-0.39, 0.29) is 0 Å². The van der Waals surface area contributed by atoms with Gasteiger partial charge in [-0.3, -0.25) is 0 Å². The lowest BCUT2D eigenvalue weighted by Gasteiger charge is -1.94. The van der Waals surface area contributed by atoms with Gasteiger partial charge in [-0.05, 0) is 12.2 Å². The highest BCUT2D eigenvalue weighted by molar-refractivity contribution is 5.14. The van der Waals surface area contributed by atoms with Crippen molar-refractivity contribution in [1.82, 2.24) is 0 Å². The molecule has 8 heavy (non-hydrogen) atoms. The van der Waals surface area contributed by atoms with Crippen molar-refractivity contribution in [1.29, 1.82) is 0 Å². The second-order valence-corrected chi connectivity index (χ2v) is 1.21. The van der Waals surface area contributed by atoms with E-state index in [0.29, 0.717) is 0 Å². The number of rotatable bonds is 3. The lowest BCUT2D eigenvalue weighted by molar-refractivity contribution is 0.307. The van der Waals surface area contributed by atoms with Gasteiger partial charge in [0.2, 0.25) is 0 Å². The van der Waals surface area contributed by atoms with Crippen LogP contribution in [-0.4, -0.2) is 7.11 Å². The van der Waals surface area contributed by atoms with Crippen LogP contribution in [0.25, 0.3) is 0 Å². The Labute approximate surface area is 50.0 Å². The number of methoxy groups -OCH3 is 1. The van der Waals surface area contributed by atoms with Crippen molar-refractivity contribution in [3.05, 3.63) is 37.1 Å². The van der Waals surface area contributed by atoms with Gasteiger partial charge in [0.1, 0.15) is 5.76 Å². The maximum Gasteiger partial charge on any atom is 0.118 e. The van der Waals surface area contributed by atoms with Crippen LogP contribution in [0.4, 0.5) is 0 Å². The summed E-state index contributed by atoms with van der Waals surface area (Å²) >= 11 is 0. The Morgan fingerprint density at radius 3 is 2.25 bits per heavy atom. The molecule has 1 nitrogen and oxygen atoms in total. The van der Waals surface area contributed by atoms with E-state index in [1.807, 2.05) is 0 Å². The molecule has 0 aromatic heterocycles. The summed E-state index contributed by atoms with van der Waals surface area (Å²) in [6.07, 6.45) is 5.02. The van der Waals surface area contributed by atoms with E-state index in [2.05, 4.69) is 13.2 Å². The van der Waals surface area contributed by atoms with E-state index in [1.165, 1.54) is 0 Å². The molecule has 0 fully saturated rings. The monoisotopic (exact) mass is 110 g/mol. The summed E-state index contributed by atoms with van der Waals surface area (Å²) < 4.78 is 4.81. The minimum Gasteiger partial charge on any atom is -0.497 e. The molecule has 0 amide bonds. The highest BCUT2D eigenvalue weighted by Crippen LogP contribution is 1.93. The van der Waals surface area contributed by atoms with E-state index in [4.69, 9.17) is 4.74 Å². The van der Waals surface area contributed by atoms with E-state index < -0.39 is 0 Å². The molecule has 0 radical (unpaired) electrons. The second-order valence-electron chi connectivity index (χ2n) is 1.21. The summed E-state index contributed by atoms with van der Waals surface area (Å²) in [6.45, 7) is 7.00. The van der Waals surface area contributed by atoms with Gasteiger partial charge in [0.15, 0.2) is 0 Å². The summed E-state index contributed by atoms with van der Waals surface area (Å²) in [5.41, 5.74) is 0. The average molecular weight is 110 g/mol. The van der Waals surface area contributed by atoms with E-state index in [9.17, 15) is 0 Å². The molecule has 0 aromatic carbocycles. The van der Waals surface area contributed by atoms with Crippen LogP contribution in [0.1, 0.15) is 0 Å². The van der Waals surface area contributed by atoms with E-state index >= 15 is 0 Å². The van der Waals surface area contributed by atoms with Gasteiger partial charge in [-0.1, -0.05) is 19.2 Å². The number of hydrogen-bond donors (Lipinski definition) is 0. The molecule has 0 saturated heterocycles. The summed E-state index contributed by atoms with van der Waals surface area (Å²) in [6, 6.07) is 0. The molecule has 0 aliphatic rings. The molecular weight excluding hydrogens is 100 g/mol. The first-order chi connectivity index (χ1) is 3.85. The fourth-order valence-electron chi connectivity index (χ4n) is 0.336. The Kier molecular flexibility index (Phi) is 3.67. The van der Waals surface area contributed by atoms with Crippen LogP contribution in [0, 0.1) is 0 Å². The lowest BCUT2D eigenvalue weighted by atomic mass is 10.4.